The maximum Gasteiger partial charge on any atom is 0.416 e. The zero-order valence-electron chi connectivity index (χ0n) is 16.8. The number of halogens is 4. The second-order valence-corrected chi connectivity index (χ2v) is 8.32. The molecule has 0 aromatic heterocycles. The summed E-state index contributed by atoms with van der Waals surface area (Å²) in [4.78, 5) is 12.7. The number of carbonyl (C=O) groups is 1. The number of carboxylic acids is 1. The molecule has 8 heteroatoms. The molecule has 0 amide bonds. The molecule has 31 heavy (non-hydrogen) atoms. The zero-order valence-corrected chi connectivity index (χ0v) is 16.8. The lowest BCUT2D eigenvalue weighted by Crippen LogP contribution is -2.49. The normalized spacial score (nSPS) is 17.8. The highest BCUT2D eigenvalue weighted by Gasteiger charge is 2.37. The first-order chi connectivity index (χ1) is 14.7. The number of hydrogen-bond donors (Lipinski definition) is 1. The first kappa shape index (κ1) is 21.6. The third-order valence-corrected chi connectivity index (χ3v) is 6.10. The summed E-state index contributed by atoms with van der Waals surface area (Å²) in [6, 6.07) is 8.63. The second kappa shape index (κ2) is 8.49. The fourth-order valence-electron chi connectivity index (χ4n) is 4.02. The summed E-state index contributed by atoms with van der Waals surface area (Å²) in [5.41, 5.74) is 0.517. The Bertz CT molecular complexity index is 966. The third-order valence-electron chi connectivity index (χ3n) is 6.10. The highest BCUT2D eigenvalue weighted by Crippen LogP contribution is 2.43. The minimum Gasteiger partial charge on any atom is -0.489 e. The molecule has 0 bridgehead atoms. The highest BCUT2D eigenvalue weighted by molar-refractivity contribution is 5.71. The van der Waals surface area contributed by atoms with Gasteiger partial charge in [0.15, 0.2) is 0 Å². The van der Waals surface area contributed by atoms with Gasteiger partial charge in [-0.2, -0.15) is 13.2 Å². The van der Waals surface area contributed by atoms with Gasteiger partial charge in [-0.3, -0.25) is 9.69 Å². The van der Waals surface area contributed by atoms with Crippen molar-refractivity contribution in [2.24, 2.45) is 5.92 Å². The fourth-order valence-corrected chi connectivity index (χ4v) is 4.02. The predicted octanol–water partition coefficient (Wildman–Crippen LogP) is 5.21. The maximum atomic E-state index is 14.4. The van der Waals surface area contributed by atoms with E-state index in [0.717, 1.165) is 25.3 Å². The summed E-state index contributed by atoms with van der Waals surface area (Å²) in [6.07, 6.45) is -1.92. The summed E-state index contributed by atoms with van der Waals surface area (Å²) >= 11 is 0. The Morgan fingerprint density at radius 2 is 1.87 bits per heavy atom. The van der Waals surface area contributed by atoms with E-state index in [2.05, 4.69) is 0 Å². The molecule has 1 N–H and O–H groups in total. The Kier molecular flexibility index (Phi) is 5.92. The summed E-state index contributed by atoms with van der Waals surface area (Å²) in [5, 5.41) is 8.90. The minimum absolute atomic E-state index is 0.0366. The molecule has 2 fully saturated rings. The van der Waals surface area contributed by atoms with Crippen LogP contribution in [0.25, 0.3) is 0 Å². The molecule has 2 aliphatic rings. The van der Waals surface area contributed by atoms with Gasteiger partial charge in [-0.15, -0.1) is 0 Å². The molecule has 1 saturated heterocycles. The van der Waals surface area contributed by atoms with E-state index in [1.165, 1.54) is 12.1 Å². The second-order valence-electron chi connectivity index (χ2n) is 8.32. The van der Waals surface area contributed by atoms with Crippen LogP contribution in [0, 0.1) is 11.7 Å². The lowest BCUT2D eigenvalue weighted by molar-refractivity contribution is -0.147. The third kappa shape index (κ3) is 4.84. The topological polar surface area (TPSA) is 49.8 Å². The van der Waals surface area contributed by atoms with Gasteiger partial charge in [-0.1, -0.05) is 24.6 Å². The van der Waals surface area contributed by atoms with Crippen LogP contribution in [0.4, 0.5) is 17.6 Å². The van der Waals surface area contributed by atoms with Gasteiger partial charge in [0.1, 0.15) is 18.2 Å². The SMILES string of the molecule is O=C(O)C1CN(Cc2ccc(OCc3ccc(C4CCC4)c(C(F)(F)F)c3)cc2F)C1. The van der Waals surface area contributed by atoms with Crippen LogP contribution in [0.1, 0.15) is 47.4 Å². The van der Waals surface area contributed by atoms with Crippen LogP contribution in [0.5, 0.6) is 5.75 Å². The molecular weight excluding hydrogens is 414 g/mol. The first-order valence-corrected chi connectivity index (χ1v) is 10.3. The minimum atomic E-state index is -4.43. The number of alkyl halides is 3. The first-order valence-electron chi connectivity index (χ1n) is 10.3. The Hall–Kier alpha value is -2.61. The van der Waals surface area contributed by atoms with E-state index in [1.807, 2.05) is 4.90 Å². The average molecular weight is 437 g/mol. The van der Waals surface area contributed by atoms with Crippen LogP contribution < -0.4 is 4.74 Å². The van der Waals surface area contributed by atoms with E-state index in [9.17, 15) is 22.4 Å². The summed E-state index contributed by atoms with van der Waals surface area (Å²) in [5.74, 6) is -1.57. The van der Waals surface area contributed by atoms with E-state index in [-0.39, 0.29) is 18.3 Å². The molecule has 1 aliphatic carbocycles. The molecular formula is C23H23F4NO3. The number of hydrogen-bond acceptors (Lipinski definition) is 3. The van der Waals surface area contributed by atoms with Gasteiger partial charge in [-0.25, -0.2) is 4.39 Å². The van der Waals surface area contributed by atoms with Crippen LogP contribution in [-0.4, -0.2) is 29.1 Å². The smallest absolute Gasteiger partial charge is 0.416 e. The Morgan fingerprint density at radius 3 is 2.45 bits per heavy atom. The van der Waals surface area contributed by atoms with Gasteiger partial charge in [-0.05, 0) is 42.0 Å². The van der Waals surface area contributed by atoms with E-state index in [4.69, 9.17) is 9.84 Å². The van der Waals surface area contributed by atoms with Crippen molar-refractivity contribution in [2.45, 2.75) is 44.5 Å². The average Bonchev–Trinajstić information content (AvgIpc) is 2.62. The van der Waals surface area contributed by atoms with Crippen LogP contribution in [0.2, 0.25) is 0 Å². The molecule has 0 atom stereocenters. The van der Waals surface area contributed by atoms with Crippen molar-refractivity contribution < 1.29 is 32.2 Å². The van der Waals surface area contributed by atoms with E-state index < -0.39 is 29.4 Å². The standard InChI is InChI=1S/C23H23F4NO3/c24-21-9-18(6-5-16(21)10-28-11-17(12-28)22(29)30)31-13-14-4-7-19(15-2-1-3-15)20(8-14)23(25,26)27/h4-9,15,17H,1-3,10-13H2,(H,29,30). The number of nitrogens with zero attached hydrogens (tertiary/aromatic N) is 1. The number of benzene rings is 2. The van der Waals surface area contributed by atoms with Crippen molar-refractivity contribution in [3.05, 3.63) is 64.5 Å². The van der Waals surface area contributed by atoms with Crippen LogP contribution in [0.3, 0.4) is 0 Å². The molecule has 1 saturated carbocycles. The monoisotopic (exact) mass is 437 g/mol. The van der Waals surface area contributed by atoms with E-state index >= 15 is 0 Å². The molecule has 1 aliphatic heterocycles. The molecule has 4 rings (SSSR count). The number of rotatable bonds is 7. The lowest BCUT2D eigenvalue weighted by atomic mass is 9.78. The van der Waals surface area contributed by atoms with E-state index in [0.29, 0.717) is 36.3 Å². The highest BCUT2D eigenvalue weighted by atomic mass is 19.4. The predicted molar refractivity (Wildman–Crippen MR) is 105 cm³/mol. The Balaban J connectivity index is 1.39. The molecule has 0 radical (unpaired) electrons. The van der Waals surface area contributed by atoms with Gasteiger partial charge < -0.3 is 9.84 Å². The van der Waals surface area contributed by atoms with Crippen molar-refractivity contribution in [3.63, 3.8) is 0 Å². The number of carboxylic acid groups (broad SMARTS) is 1. The van der Waals surface area contributed by atoms with Gasteiger partial charge in [0.05, 0.1) is 11.5 Å². The van der Waals surface area contributed by atoms with Crippen molar-refractivity contribution in [1.82, 2.24) is 4.90 Å². The van der Waals surface area contributed by atoms with Gasteiger partial charge in [0.2, 0.25) is 0 Å². The largest absolute Gasteiger partial charge is 0.489 e. The Labute approximate surface area is 177 Å². The molecule has 4 nitrogen and oxygen atoms in total. The van der Waals surface area contributed by atoms with E-state index in [1.54, 1.807) is 18.2 Å². The summed E-state index contributed by atoms with van der Waals surface area (Å²) < 4.78 is 60.4. The maximum absolute atomic E-state index is 14.4. The van der Waals surface area contributed by atoms with Gasteiger partial charge in [0.25, 0.3) is 0 Å². The quantitative estimate of drug-likeness (QED) is 0.605. The Morgan fingerprint density at radius 1 is 1.13 bits per heavy atom. The van der Waals surface area contributed by atoms with Crippen molar-refractivity contribution in [2.75, 3.05) is 13.1 Å². The summed E-state index contributed by atoms with van der Waals surface area (Å²) in [7, 11) is 0. The van der Waals surface area contributed by atoms with Gasteiger partial charge >= 0.3 is 12.1 Å². The summed E-state index contributed by atoms with van der Waals surface area (Å²) in [6.45, 7) is 0.962. The molecule has 2 aromatic rings. The number of aliphatic carboxylic acids is 1. The molecule has 0 spiro atoms. The van der Waals surface area contributed by atoms with Crippen LogP contribution in [0.15, 0.2) is 36.4 Å². The van der Waals surface area contributed by atoms with Crippen molar-refractivity contribution >= 4 is 5.97 Å². The molecule has 1 heterocycles. The molecule has 0 unspecified atom stereocenters. The zero-order chi connectivity index (χ0) is 22.2. The molecule has 166 valence electrons. The van der Waals surface area contributed by atoms with Crippen LogP contribution >= 0.6 is 0 Å². The van der Waals surface area contributed by atoms with Gasteiger partial charge in [0, 0.05) is 31.3 Å². The number of ether oxygens (including phenoxy) is 1. The van der Waals surface area contributed by atoms with Crippen molar-refractivity contribution in [3.8, 4) is 5.75 Å². The number of likely N-dealkylation sites (tertiary alicyclic amines) is 1. The molecule has 2 aromatic carbocycles. The van der Waals surface area contributed by atoms with Crippen molar-refractivity contribution in [1.29, 1.82) is 0 Å². The lowest BCUT2D eigenvalue weighted by Gasteiger charge is -2.36. The van der Waals surface area contributed by atoms with Crippen LogP contribution in [-0.2, 0) is 24.1 Å². The fraction of sp³-hybridized carbons (Fsp3) is 0.435.